The van der Waals surface area contributed by atoms with Crippen LogP contribution in [-0.4, -0.2) is 12.5 Å². The smallest absolute Gasteiger partial charge is 0.220 e. The first-order valence-corrected chi connectivity index (χ1v) is 6.14. The first-order chi connectivity index (χ1) is 6.97. The van der Waals surface area contributed by atoms with Gasteiger partial charge in [-0.25, -0.2) is 0 Å². The molecular formula is C12H19NOS. The number of amides is 1. The van der Waals surface area contributed by atoms with Crippen molar-refractivity contribution in [1.29, 1.82) is 0 Å². The monoisotopic (exact) mass is 225 g/mol. The van der Waals surface area contributed by atoms with Gasteiger partial charge >= 0.3 is 0 Å². The molecule has 0 aliphatic carbocycles. The molecule has 3 heteroatoms. The van der Waals surface area contributed by atoms with E-state index in [0.29, 0.717) is 6.42 Å². The lowest BCUT2D eigenvalue weighted by atomic mass is 9.92. The van der Waals surface area contributed by atoms with Gasteiger partial charge in [0.15, 0.2) is 0 Å². The molecule has 0 unspecified atom stereocenters. The van der Waals surface area contributed by atoms with Crippen LogP contribution < -0.4 is 5.32 Å². The Balaban J connectivity index is 2.18. The largest absolute Gasteiger partial charge is 0.356 e. The maximum Gasteiger partial charge on any atom is 0.220 e. The van der Waals surface area contributed by atoms with E-state index in [4.69, 9.17) is 0 Å². The van der Waals surface area contributed by atoms with Crippen molar-refractivity contribution in [3.8, 4) is 0 Å². The molecule has 0 aromatic carbocycles. The van der Waals surface area contributed by atoms with Crippen LogP contribution in [0.4, 0.5) is 0 Å². The predicted octanol–water partition coefficient (Wildman–Crippen LogP) is 2.84. The summed E-state index contributed by atoms with van der Waals surface area (Å²) in [5, 5.41) is 5.01. The van der Waals surface area contributed by atoms with E-state index >= 15 is 0 Å². The standard InChI is InChI=1S/C12H19NOS/c1-12(2,3)9-11(14)13-7-6-10-5-4-8-15-10/h4-5,8H,6-7,9H2,1-3H3,(H,13,14). The zero-order chi connectivity index (χ0) is 11.3. The van der Waals surface area contributed by atoms with Crippen molar-refractivity contribution < 1.29 is 4.79 Å². The van der Waals surface area contributed by atoms with Crippen LogP contribution in [0.2, 0.25) is 0 Å². The van der Waals surface area contributed by atoms with E-state index in [1.54, 1.807) is 11.3 Å². The highest BCUT2D eigenvalue weighted by molar-refractivity contribution is 7.09. The quantitative estimate of drug-likeness (QED) is 0.838. The van der Waals surface area contributed by atoms with E-state index in [1.807, 2.05) is 6.07 Å². The molecule has 0 atom stereocenters. The van der Waals surface area contributed by atoms with Crippen molar-refractivity contribution in [3.05, 3.63) is 22.4 Å². The summed E-state index contributed by atoms with van der Waals surface area (Å²) in [6.07, 6.45) is 1.53. The Labute approximate surface area is 95.7 Å². The van der Waals surface area contributed by atoms with Gasteiger partial charge in [0, 0.05) is 17.8 Å². The number of carbonyl (C=O) groups excluding carboxylic acids is 1. The summed E-state index contributed by atoms with van der Waals surface area (Å²) in [5.74, 6) is 0.152. The second kappa shape index (κ2) is 5.31. The van der Waals surface area contributed by atoms with Crippen molar-refractivity contribution in [2.75, 3.05) is 6.54 Å². The van der Waals surface area contributed by atoms with Gasteiger partial charge in [0.25, 0.3) is 0 Å². The minimum absolute atomic E-state index is 0.0764. The number of rotatable bonds is 4. The number of hydrogen-bond donors (Lipinski definition) is 1. The van der Waals surface area contributed by atoms with Crippen molar-refractivity contribution in [2.45, 2.75) is 33.6 Å². The van der Waals surface area contributed by atoms with Gasteiger partial charge in [0.2, 0.25) is 5.91 Å². The lowest BCUT2D eigenvalue weighted by Crippen LogP contribution is -2.29. The van der Waals surface area contributed by atoms with E-state index in [-0.39, 0.29) is 11.3 Å². The minimum Gasteiger partial charge on any atom is -0.356 e. The molecule has 0 fully saturated rings. The molecule has 0 bridgehead atoms. The molecule has 0 spiro atoms. The zero-order valence-corrected chi connectivity index (χ0v) is 10.5. The third kappa shape index (κ3) is 5.57. The summed E-state index contributed by atoms with van der Waals surface area (Å²) in [6.45, 7) is 6.97. The van der Waals surface area contributed by atoms with Crippen LogP contribution in [0.5, 0.6) is 0 Å². The summed E-state index contributed by atoms with van der Waals surface area (Å²) in [7, 11) is 0. The number of carbonyl (C=O) groups is 1. The number of thiophene rings is 1. The molecule has 0 aliphatic heterocycles. The van der Waals surface area contributed by atoms with Gasteiger partial charge < -0.3 is 5.32 Å². The van der Waals surface area contributed by atoms with Gasteiger partial charge in [0.05, 0.1) is 0 Å². The average molecular weight is 225 g/mol. The van der Waals surface area contributed by atoms with Crippen LogP contribution in [0.25, 0.3) is 0 Å². The summed E-state index contributed by atoms with van der Waals surface area (Å²) < 4.78 is 0. The van der Waals surface area contributed by atoms with E-state index in [0.717, 1.165) is 13.0 Å². The molecule has 15 heavy (non-hydrogen) atoms. The molecule has 1 heterocycles. The van der Waals surface area contributed by atoms with Gasteiger partial charge in [-0.3, -0.25) is 4.79 Å². The first kappa shape index (κ1) is 12.2. The van der Waals surface area contributed by atoms with Crippen LogP contribution in [0, 0.1) is 5.41 Å². The van der Waals surface area contributed by atoms with Crippen LogP contribution in [0.3, 0.4) is 0 Å². The molecule has 0 saturated heterocycles. The Hall–Kier alpha value is -0.830. The van der Waals surface area contributed by atoms with Gasteiger partial charge in [-0.05, 0) is 23.3 Å². The van der Waals surface area contributed by atoms with E-state index in [1.165, 1.54) is 4.88 Å². The van der Waals surface area contributed by atoms with Crippen LogP contribution >= 0.6 is 11.3 Å². The third-order valence-electron chi connectivity index (χ3n) is 1.96. The second-order valence-electron chi connectivity index (χ2n) is 4.92. The van der Waals surface area contributed by atoms with Gasteiger partial charge in [-0.1, -0.05) is 26.8 Å². The topological polar surface area (TPSA) is 29.1 Å². The molecule has 1 aromatic rings. The fraction of sp³-hybridized carbons (Fsp3) is 0.583. The van der Waals surface area contributed by atoms with Gasteiger partial charge in [0.1, 0.15) is 0 Å². The molecule has 2 nitrogen and oxygen atoms in total. The van der Waals surface area contributed by atoms with Crippen LogP contribution in [-0.2, 0) is 11.2 Å². The first-order valence-electron chi connectivity index (χ1n) is 5.26. The molecular weight excluding hydrogens is 206 g/mol. The summed E-state index contributed by atoms with van der Waals surface area (Å²) >= 11 is 1.74. The Morgan fingerprint density at radius 3 is 2.73 bits per heavy atom. The Morgan fingerprint density at radius 1 is 1.47 bits per heavy atom. The van der Waals surface area contributed by atoms with Crippen molar-refractivity contribution in [1.82, 2.24) is 5.32 Å². The summed E-state index contributed by atoms with van der Waals surface area (Å²) in [5.41, 5.74) is 0.0764. The fourth-order valence-corrected chi connectivity index (χ4v) is 2.03. The predicted molar refractivity (Wildman–Crippen MR) is 65.1 cm³/mol. The molecule has 0 aliphatic rings. The molecule has 1 aromatic heterocycles. The maximum atomic E-state index is 11.5. The summed E-state index contributed by atoms with van der Waals surface area (Å²) in [6, 6.07) is 4.14. The van der Waals surface area contributed by atoms with Crippen LogP contribution in [0.15, 0.2) is 17.5 Å². The summed E-state index contributed by atoms with van der Waals surface area (Å²) in [4.78, 5) is 12.8. The maximum absolute atomic E-state index is 11.5. The number of nitrogens with one attached hydrogen (secondary N) is 1. The highest BCUT2D eigenvalue weighted by atomic mass is 32.1. The normalized spacial score (nSPS) is 11.4. The third-order valence-corrected chi connectivity index (χ3v) is 2.90. The van der Waals surface area contributed by atoms with Crippen molar-refractivity contribution >= 4 is 17.2 Å². The molecule has 84 valence electrons. The SMILES string of the molecule is CC(C)(C)CC(=O)NCCc1cccs1. The Bertz CT molecular complexity index is 298. The van der Waals surface area contributed by atoms with Gasteiger partial charge in [-0.15, -0.1) is 11.3 Å². The molecule has 1 amide bonds. The minimum atomic E-state index is 0.0764. The van der Waals surface area contributed by atoms with E-state index < -0.39 is 0 Å². The van der Waals surface area contributed by atoms with Crippen molar-refractivity contribution in [3.63, 3.8) is 0 Å². The van der Waals surface area contributed by atoms with E-state index in [9.17, 15) is 4.79 Å². The molecule has 1 N–H and O–H groups in total. The zero-order valence-electron chi connectivity index (χ0n) is 9.67. The lowest BCUT2D eigenvalue weighted by molar-refractivity contribution is -0.122. The molecule has 1 rings (SSSR count). The molecule has 0 saturated carbocycles. The Kier molecular flexibility index (Phi) is 4.33. The fourth-order valence-electron chi connectivity index (χ4n) is 1.32. The van der Waals surface area contributed by atoms with Gasteiger partial charge in [-0.2, -0.15) is 0 Å². The second-order valence-corrected chi connectivity index (χ2v) is 5.95. The molecule has 0 radical (unpaired) electrons. The van der Waals surface area contributed by atoms with Crippen molar-refractivity contribution in [2.24, 2.45) is 5.41 Å². The lowest BCUT2D eigenvalue weighted by Gasteiger charge is -2.17. The van der Waals surface area contributed by atoms with E-state index in [2.05, 4.69) is 37.5 Å². The Morgan fingerprint density at radius 2 is 2.20 bits per heavy atom. The average Bonchev–Trinajstić information content (AvgIpc) is 2.53. The highest BCUT2D eigenvalue weighted by Crippen LogP contribution is 2.17. The number of hydrogen-bond acceptors (Lipinski definition) is 2. The van der Waals surface area contributed by atoms with Crippen LogP contribution in [0.1, 0.15) is 32.1 Å². The highest BCUT2D eigenvalue weighted by Gasteiger charge is 2.15.